The van der Waals surface area contributed by atoms with Gasteiger partial charge in [-0.15, -0.1) is 0 Å². The van der Waals surface area contributed by atoms with Crippen molar-refractivity contribution in [2.45, 2.75) is 6.54 Å². The Hall–Kier alpha value is -4.34. The predicted octanol–water partition coefficient (Wildman–Crippen LogP) is 4.76. The van der Waals surface area contributed by atoms with Crippen LogP contribution in [-0.4, -0.2) is 51.1 Å². The molecule has 0 aliphatic rings. The molecule has 0 unspecified atom stereocenters. The van der Waals surface area contributed by atoms with Gasteiger partial charge in [-0.3, -0.25) is 9.48 Å². The molecule has 0 bridgehead atoms. The van der Waals surface area contributed by atoms with Gasteiger partial charge >= 0.3 is 0 Å². The van der Waals surface area contributed by atoms with Gasteiger partial charge in [0.2, 0.25) is 0 Å². The number of carbonyl (C=O) groups excluding carboxylic acids is 1. The van der Waals surface area contributed by atoms with E-state index in [4.69, 9.17) is 31.2 Å². The van der Waals surface area contributed by atoms with Crippen LogP contribution in [-0.2, 0) is 6.54 Å². The molecule has 3 aromatic carbocycles. The molecule has 0 fully saturated rings. The van der Waals surface area contributed by atoms with Crippen molar-refractivity contribution < 1.29 is 19.4 Å². The van der Waals surface area contributed by atoms with Crippen LogP contribution in [0.25, 0.3) is 22.6 Å². The summed E-state index contributed by atoms with van der Waals surface area (Å²) in [7, 11) is 1.63. The number of hydrogen-bond acceptors (Lipinski definition) is 6. The maximum absolute atomic E-state index is 13.0. The molecule has 0 aliphatic heterocycles. The highest BCUT2D eigenvalue weighted by molar-refractivity contribution is 6.32. The van der Waals surface area contributed by atoms with Crippen molar-refractivity contribution in [2.75, 3.05) is 25.6 Å². The molecule has 9 nitrogen and oxygen atoms in total. The zero-order valence-electron chi connectivity index (χ0n) is 19.9. The van der Waals surface area contributed by atoms with E-state index in [1.165, 1.54) is 6.07 Å². The molecule has 0 atom stereocenters. The van der Waals surface area contributed by atoms with Gasteiger partial charge in [0.05, 0.1) is 36.3 Å². The molecule has 0 saturated heterocycles. The molecule has 2 heterocycles. The molecule has 1 amide bonds. The number of halogens is 1. The standard InChI is InChI=1S/C27H24ClN5O4/c1-36-19-9-6-17(7-10-19)16-33-23(26-29-21-4-2-3-5-22(21)30-26)15-25(32-33)31-27(35)18-8-11-24(20(28)14-18)37-13-12-34/h2-11,14-15,34H,12-13,16H2,1H3,(H,29,30)(H,31,32,35). The zero-order valence-corrected chi connectivity index (χ0v) is 20.7. The fraction of sp³-hybridized carbons (Fsp3) is 0.148. The SMILES string of the molecule is COc1ccc(Cn2nc(NC(=O)c3ccc(OCCO)c(Cl)c3)cc2-c2nc3ccccc3[nH]2)cc1. The van der Waals surface area contributed by atoms with Crippen molar-refractivity contribution >= 4 is 34.4 Å². The summed E-state index contributed by atoms with van der Waals surface area (Å²) in [6.45, 7) is 0.432. The van der Waals surface area contributed by atoms with Gasteiger partial charge in [0.25, 0.3) is 5.91 Å². The molecular weight excluding hydrogens is 494 g/mol. The maximum atomic E-state index is 13.0. The van der Waals surface area contributed by atoms with Crippen LogP contribution in [0.15, 0.2) is 72.8 Å². The van der Waals surface area contributed by atoms with Crippen LogP contribution in [0.1, 0.15) is 15.9 Å². The first-order chi connectivity index (χ1) is 18.0. The van der Waals surface area contributed by atoms with Crippen molar-refractivity contribution in [1.29, 1.82) is 0 Å². The molecule has 5 aromatic rings. The second kappa shape index (κ2) is 10.7. The van der Waals surface area contributed by atoms with Crippen LogP contribution in [0.2, 0.25) is 5.02 Å². The Morgan fingerprint density at radius 3 is 2.65 bits per heavy atom. The first-order valence-electron chi connectivity index (χ1n) is 11.5. The second-order valence-electron chi connectivity index (χ2n) is 8.19. The number of aliphatic hydroxyl groups excluding tert-OH is 1. The first-order valence-corrected chi connectivity index (χ1v) is 11.9. The van der Waals surface area contributed by atoms with Crippen LogP contribution in [0, 0.1) is 0 Å². The molecule has 5 rings (SSSR count). The predicted molar refractivity (Wildman–Crippen MR) is 141 cm³/mol. The number of methoxy groups -OCH3 is 1. The number of anilines is 1. The summed E-state index contributed by atoms with van der Waals surface area (Å²) >= 11 is 6.24. The van der Waals surface area contributed by atoms with Crippen LogP contribution in [0.3, 0.4) is 0 Å². The van der Waals surface area contributed by atoms with E-state index in [0.717, 1.165) is 22.3 Å². The van der Waals surface area contributed by atoms with E-state index in [2.05, 4.69) is 15.4 Å². The lowest BCUT2D eigenvalue weighted by Gasteiger charge is -2.08. The van der Waals surface area contributed by atoms with E-state index in [1.807, 2.05) is 48.5 Å². The third kappa shape index (κ3) is 5.42. The highest BCUT2D eigenvalue weighted by Gasteiger charge is 2.17. The lowest BCUT2D eigenvalue weighted by molar-refractivity contribution is 0.102. The van der Waals surface area contributed by atoms with Crippen LogP contribution >= 0.6 is 11.6 Å². The number of aromatic amines is 1. The van der Waals surface area contributed by atoms with Gasteiger partial charge in [-0.2, -0.15) is 5.10 Å². The Bertz CT molecular complexity index is 1510. The van der Waals surface area contributed by atoms with Crippen molar-refractivity contribution in [3.8, 4) is 23.0 Å². The summed E-state index contributed by atoms with van der Waals surface area (Å²) in [5, 5.41) is 16.7. The normalized spacial score (nSPS) is 11.0. The van der Waals surface area contributed by atoms with Gasteiger partial charge in [-0.25, -0.2) is 4.98 Å². The van der Waals surface area contributed by atoms with E-state index in [-0.39, 0.29) is 24.1 Å². The average molecular weight is 518 g/mol. The molecule has 10 heteroatoms. The number of nitrogens with one attached hydrogen (secondary N) is 2. The fourth-order valence-corrected chi connectivity index (χ4v) is 4.11. The number of hydrogen-bond donors (Lipinski definition) is 3. The van der Waals surface area contributed by atoms with E-state index in [9.17, 15) is 4.79 Å². The highest BCUT2D eigenvalue weighted by Crippen LogP contribution is 2.27. The Kier molecular flexibility index (Phi) is 7.07. The van der Waals surface area contributed by atoms with Crippen molar-refractivity contribution in [1.82, 2.24) is 19.7 Å². The van der Waals surface area contributed by atoms with Gasteiger partial charge in [-0.05, 0) is 48.0 Å². The number of benzene rings is 3. The van der Waals surface area contributed by atoms with E-state index < -0.39 is 0 Å². The smallest absolute Gasteiger partial charge is 0.256 e. The molecule has 37 heavy (non-hydrogen) atoms. The summed E-state index contributed by atoms with van der Waals surface area (Å²) in [5.41, 5.74) is 3.80. The molecule has 0 spiro atoms. The van der Waals surface area contributed by atoms with E-state index >= 15 is 0 Å². The number of nitrogens with zero attached hydrogens (tertiary/aromatic N) is 3. The number of para-hydroxylation sites is 2. The number of aromatic nitrogens is 4. The Morgan fingerprint density at radius 1 is 1.11 bits per heavy atom. The van der Waals surface area contributed by atoms with Gasteiger partial charge in [0.1, 0.15) is 23.8 Å². The van der Waals surface area contributed by atoms with Gasteiger partial charge in [0.15, 0.2) is 11.6 Å². The molecule has 188 valence electrons. The van der Waals surface area contributed by atoms with Crippen molar-refractivity contribution in [3.63, 3.8) is 0 Å². The van der Waals surface area contributed by atoms with Crippen LogP contribution < -0.4 is 14.8 Å². The van der Waals surface area contributed by atoms with Gasteiger partial charge in [-0.1, -0.05) is 35.9 Å². The molecule has 2 aromatic heterocycles. The summed E-state index contributed by atoms with van der Waals surface area (Å²) in [6, 6.07) is 21.9. The third-order valence-corrected chi connectivity index (χ3v) is 5.98. The molecule has 0 radical (unpaired) electrons. The van der Waals surface area contributed by atoms with E-state index in [1.54, 1.807) is 30.0 Å². The number of imidazole rings is 1. The molecule has 0 saturated carbocycles. The van der Waals surface area contributed by atoms with Gasteiger partial charge < -0.3 is 24.9 Å². The Morgan fingerprint density at radius 2 is 1.92 bits per heavy atom. The summed E-state index contributed by atoms with van der Waals surface area (Å²) in [6.07, 6.45) is 0. The molecule has 0 aliphatic carbocycles. The minimum atomic E-state index is -0.374. The number of carbonyl (C=O) groups is 1. The fourth-order valence-electron chi connectivity index (χ4n) is 3.87. The molecular formula is C27H24ClN5O4. The van der Waals surface area contributed by atoms with Crippen molar-refractivity contribution in [2.24, 2.45) is 0 Å². The van der Waals surface area contributed by atoms with Crippen LogP contribution in [0.4, 0.5) is 5.82 Å². The summed E-state index contributed by atoms with van der Waals surface area (Å²) < 4.78 is 12.4. The highest BCUT2D eigenvalue weighted by atomic mass is 35.5. The average Bonchev–Trinajstić information content (AvgIpc) is 3.52. The Labute approximate surface area is 217 Å². The first kappa shape index (κ1) is 24.4. The monoisotopic (exact) mass is 517 g/mol. The Balaban J connectivity index is 1.44. The second-order valence-corrected chi connectivity index (χ2v) is 8.60. The number of H-pyrrole nitrogens is 1. The van der Waals surface area contributed by atoms with Crippen molar-refractivity contribution in [3.05, 3.63) is 88.9 Å². The summed E-state index contributed by atoms with van der Waals surface area (Å²) in [5.74, 6) is 1.78. The maximum Gasteiger partial charge on any atom is 0.256 e. The third-order valence-electron chi connectivity index (χ3n) is 5.69. The largest absolute Gasteiger partial charge is 0.497 e. The number of rotatable bonds is 9. The van der Waals surface area contributed by atoms with E-state index in [0.29, 0.717) is 35.2 Å². The lowest BCUT2D eigenvalue weighted by Crippen LogP contribution is -2.13. The zero-order chi connectivity index (χ0) is 25.8. The van der Waals surface area contributed by atoms with Crippen LogP contribution in [0.5, 0.6) is 11.5 Å². The number of fused-ring (bicyclic) bond motifs is 1. The molecule has 3 N–H and O–H groups in total. The summed E-state index contributed by atoms with van der Waals surface area (Å²) in [4.78, 5) is 21.0. The number of amides is 1. The topological polar surface area (TPSA) is 114 Å². The number of aliphatic hydroxyl groups is 1. The lowest BCUT2D eigenvalue weighted by atomic mass is 10.2. The van der Waals surface area contributed by atoms with Gasteiger partial charge in [0, 0.05) is 11.6 Å². The minimum Gasteiger partial charge on any atom is -0.497 e. The minimum absolute atomic E-state index is 0.113. The number of ether oxygens (including phenoxy) is 2. The quantitative estimate of drug-likeness (QED) is 0.260.